The molecule has 1 heterocycles. The number of aliphatic carboxylic acids is 1. The van der Waals surface area contributed by atoms with E-state index in [2.05, 4.69) is 4.98 Å². The summed E-state index contributed by atoms with van der Waals surface area (Å²) in [6.07, 6.45) is -2.74. The van der Waals surface area contributed by atoms with Crippen LogP contribution in [-0.4, -0.2) is 21.2 Å². The second kappa shape index (κ2) is 4.84. The molecule has 0 aliphatic rings. The number of aromatic nitrogens is 1. The summed E-state index contributed by atoms with van der Waals surface area (Å²) in [6.45, 7) is -0.151. The highest BCUT2D eigenvalue weighted by Crippen LogP contribution is 2.30. The van der Waals surface area contributed by atoms with E-state index in [1.54, 1.807) is 0 Å². The summed E-state index contributed by atoms with van der Waals surface area (Å²) in [6, 6.07) is 0. The van der Waals surface area contributed by atoms with Crippen LogP contribution in [0.2, 0.25) is 0 Å². The number of carboxylic acid groups (broad SMARTS) is 1. The number of nitrogens with two attached hydrogens (primary N) is 1. The quantitative estimate of drug-likeness (QED) is 0.713. The zero-order chi connectivity index (χ0) is 12.3. The van der Waals surface area contributed by atoms with Crippen molar-refractivity contribution < 1.29 is 23.8 Å². The first-order valence-corrected chi connectivity index (χ1v) is 4.37. The minimum absolute atomic E-state index is 0.000602. The minimum atomic E-state index is -2.89. The molecule has 5 nitrogen and oxygen atoms in total. The van der Waals surface area contributed by atoms with Gasteiger partial charge in [0.2, 0.25) is 0 Å². The number of carbonyl (C=O) groups is 1. The lowest BCUT2D eigenvalue weighted by atomic mass is 10.0. The van der Waals surface area contributed by atoms with Crippen LogP contribution in [0.15, 0.2) is 6.20 Å². The molecule has 7 heteroatoms. The van der Waals surface area contributed by atoms with Crippen molar-refractivity contribution >= 4 is 5.97 Å². The molecule has 1 aromatic rings. The van der Waals surface area contributed by atoms with E-state index >= 15 is 0 Å². The average molecular weight is 232 g/mol. The Morgan fingerprint density at radius 1 is 1.56 bits per heavy atom. The minimum Gasteiger partial charge on any atom is -0.506 e. The fourth-order valence-electron chi connectivity index (χ4n) is 1.27. The predicted octanol–water partition coefficient (Wildman–Crippen LogP) is 0.811. The number of halogens is 2. The fraction of sp³-hybridized carbons (Fsp3) is 0.333. The molecule has 0 spiro atoms. The monoisotopic (exact) mass is 232 g/mol. The Balaban J connectivity index is 3.30. The summed E-state index contributed by atoms with van der Waals surface area (Å²) in [7, 11) is 0. The molecule has 16 heavy (non-hydrogen) atoms. The first-order chi connectivity index (χ1) is 7.47. The SMILES string of the molecule is NCc1ncc(C(F)F)c(CC(=O)O)c1O. The van der Waals surface area contributed by atoms with Gasteiger partial charge >= 0.3 is 5.97 Å². The molecule has 0 unspecified atom stereocenters. The summed E-state index contributed by atoms with van der Waals surface area (Å²) in [5, 5.41) is 18.1. The Labute approximate surface area is 89.5 Å². The van der Waals surface area contributed by atoms with Crippen molar-refractivity contribution in [2.24, 2.45) is 5.73 Å². The van der Waals surface area contributed by atoms with E-state index in [1.807, 2.05) is 0 Å². The van der Waals surface area contributed by atoms with E-state index in [-0.39, 0.29) is 17.8 Å². The Morgan fingerprint density at radius 2 is 2.19 bits per heavy atom. The molecule has 0 fully saturated rings. The topological polar surface area (TPSA) is 96.4 Å². The first kappa shape index (κ1) is 12.3. The maximum atomic E-state index is 12.5. The molecule has 88 valence electrons. The zero-order valence-electron chi connectivity index (χ0n) is 8.15. The second-order valence-corrected chi connectivity index (χ2v) is 3.06. The molecule has 4 N–H and O–H groups in total. The van der Waals surface area contributed by atoms with Gasteiger partial charge in [-0.15, -0.1) is 0 Å². The maximum absolute atomic E-state index is 12.5. The fourth-order valence-corrected chi connectivity index (χ4v) is 1.27. The van der Waals surface area contributed by atoms with Crippen molar-refractivity contribution in [1.29, 1.82) is 0 Å². The summed E-state index contributed by atoms with van der Waals surface area (Å²) in [4.78, 5) is 14.0. The smallest absolute Gasteiger partial charge is 0.307 e. The number of carboxylic acids is 1. The number of hydrogen-bond acceptors (Lipinski definition) is 4. The molecular formula is C9H10F2N2O3. The van der Waals surface area contributed by atoms with Crippen LogP contribution in [0.3, 0.4) is 0 Å². The molecule has 0 radical (unpaired) electrons. The summed E-state index contributed by atoms with van der Waals surface area (Å²) in [5.41, 5.74) is 4.30. The molecule has 1 rings (SSSR count). The van der Waals surface area contributed by atoms with Gasteiger partial charge in [-0.1, -0.05) is 0 Å². The average Bonchev–Trinajstić information content (AvgIpc) is 2.19. The van der Waals surface area contributed by atoms with Crippen LogP contribution < -0.4 is 5.73 Å². The normalized spacial score (nSPS) is 10.8. The van der Waals surface area contributed by atoms with E-state index < -0.39 is 30.1 Å². The third-order valence-corrected chi connectivity index (χ3v) is 2.02. The van der Waals surface area contributed by atoms with Gasteiger partial charge in [0, 0.05) is 23.9 Å². The van der Waals surface area contributed by atoms with Crippen molar-refractivity contribution in [1.82, 2.24) is 4.98 Å². The second-order valence-electron chi connectivity index (χ2n) is 3.06. The van der Waals surface area contributed by atoms with Gasteiger partial charge < -0.3 is 15.9 Å². The number of nitrogens with zero attached hydrogens (tertiary/aromatic N) is 1. The molecular weight excluding hydrogens is 222 g/mol. The van der Waals surface area contributed by atoms with Crippen LogP contribution in [0.1, 0.15) is 23.2 Å². The molecule has 1 aromatic heterocycles. The molecule has 0 saturated heterocycles. The lowest BCUT2D eigenvalue weighted by molar-refractivity contribution is -0.136. The third kappa shape index (κ3) is 2.43. The molecule has 0 aromatic carbocycles. The Morgan fingerprint density at radius 3 is 2.62 bits per heavy atom. The third-order valence-electron chi connectivity index (χ3n) is 2.02. The lowest BCUT2D eigenvalue weighted by Gasteiger charge is -2.11. The highest BCUT2D eigenvalue weighted by molar-refractivity contribution is 5.72. The zero-order valence-corrected chi connectivity index (χ0v) is 8.15. The number of alkyl halides is 2. The van der Waals surface area contributed by atoms with Crippen LogP contribution in [-0.2, 0) is 17.8 Å². The highest BCUT2D eigenvalue weighted by Gasteiger charge is 2.21. The standard InChI is InChI=1S/C9H10F2N2O3/c10-9(11)5-3-13-6(2-12)8(16)4(5)1-7(14)15/h3,9,16H,1-2,12H2,(H,14,15). The molecule has 0 amide bonds. The number of rotatable bonds is 4. The van der Waals surface area contributed by atoms with Crippen molar-refractivity contribution in [2.75, 3.05) is 0 Å². The van der Waals surface area contributed by atoms with Crippen LogP contribution >= 0.6 is 0 Å². The Bertz CT molecular complexity index is 410. The van der Waals surface area contributed by atoms with Crippen LogP contribution in [0.5, 0.6) is 5.75 Å². The van der Waals surface area contributed by atoms with Gasteiger partial charge in [-0.25, -0.2) is 8.78 Å². The van der Waals surface area contributed by atoms with E-state index in [9.17, 15) is 18.7 Å². The van der Waals surface area contributed by atoms with Crippen molar-refractivity contribution in [3.63, 3.8) is 0 Å². The van der Waals surface area contributed by atoms with Crippen molar-refractivity contribution in [2.45, 2.75) is 19.4 Å². The van der Waals surface area contributed by atoms with Crippen LogP contribution in [0, 0.1) is 0 Å². The summed E-state index contributed by atoms with van der Waals surface area (Å²) in [5.74, 6) is -1.88. The number of pyridine rings is 1. The van der Waals surface area contributed by atoms with Gasteiger partial charge in [-0.2, -0.15) is 0 Å². The molecule has 0 atom stereocenters. The van der Waals surface area contributed by atoms with Crippen molar-refractivity contribution in [3.8, 4) is 5.75 Å². The van der Waals surface area contributed by atoms with E-state index in [4.69, 9.17) is 10.8 Å². The van der Waals surface area contributed by atoms with Gasteiger partial charge in [-0.05, 0) is 0 Å². The Kier molecular flexibility index (Phi) is 3.73. The molecule has 0 aliphatic heterocycles. The Hall–Kier alpha value is -1.76. The highest BCUT2D eigenvalue weighted by atomic mass is 19.3. The van der Waals surface area contributed by atoms with E-state index in [1.165, 1.54) is 0 Å². The predicted molar refractivity (Wildman–Crippen MR) is 50.1 cm³/mol. The first-order valence-electron chi connectivity index (χ1n) is 4.37. The van der Waals surface area contributed by atoms with Crippen LogP contribution in [0.25, 0.3) is 0 Å². The lowest BCUT2D eigenvalue weighted by Crippen LogP contribution is -2.09. The van der Waals surface area contributed by atoms with Crippen molar-refractivity contribution in [3.05, 3.63) is 23.0 Å². The van der Waals surface area contributed by atoms with E-state index in [0.29, 0.717) is 0 Å². The maximum Gasteiger partial charge on any atom is 0.307 e. The molecule has 0 aliphatic carbocycles. The summed E-state index contributed by atoms with van der Waals surface area (Å²) >= 11 is 0. The number of hydrogen-bond donors (Lipinski definition) is 3. The van der Waals surface area contributed by atoms with Gasteiger partial charge in [0.1, 0.15) is 5.75 Å². The largest absolute Gasteiger partial charge is 0.506 e. The van der Waals surface area contributed by atoms with Gasteiger partial charge in [0.05, 0.1) is 12.1 Å². The molecule has 0 saturated carbocycles. The van der Waals surface area contributed by atoms with E-state index in [0.717, 1.165) is 6.20 Å². The van der Waals surface area contributed by atoms with Gasteiger partial charge in [0.15, 0.2) is 0 Å². The van der Waals surface area contributed by atoms with Gasteiger partial charge in [-0.3, -0.25) is 9.78 Å². The van der Waals surface area contributed by atoms with Gasteiger partial charge in [0.25, 0.3) is 6.43 Å². The number of aromatic hydroxyl groups is 1. The summed E-state index contributed by atoms with van der Waals surface area (Å²) < 4.78 is 25.0. The van der Waals surface area contributed by atoms with Crippen LogP contribution in [0.4, 0.5) is 8.78 Å². The molecule has 0 bridgehead atoms.